The lowest BCUT2D eigenvalue weighted by molar-refractivity contribution is 0.0929. The van der Waals surface area contributed by atoms with Crippen LogP contribution >= 0.6 is 0 Å². The molecule has 0 aliphatic carbocycles. The zero-order valence-electron chi connectivity index (χ0n) is 15.4. The third-order valence-corrected chi connectivity index (χ3v) is 5.74. The van der Waals surface area contributed by atoms with Crippen molar-refractivity contribution in [2.45, 2.75) is 46.1 Å². The Bertz CT molecular complexity index is 711. The van der Waals surface area contributed by atoms with Crippen molar-refractivity contribution >= 4 is 5.95 Å². The van der Waals surface area contributed by atoms with E-state index in [1.165, 1.54) is 31.4 Å². The van der Waals surface area contributed by atoms with E-state index in [0.717, 1.165) is 50.1 Å². The molecule has 4 rings (SSSR count). The maximum atomic E-state index is 5.78. The van der Waals surface area contributed by atoms with Crippen molar-refractivity contribution in [1.82, 2.24) is 14.9 Å². The minimum Gasteiger partial charge on any atom is -0.465 e. The molecule has 2 aromatic rings. The van der Waals surface area contributed by atoms with Gasteiger partial charge in [-0.15, -0.1) is 0 Å². The summed E-state index contributed by atoms with van der Waals surface area (Å²) >= 11 is 0. The molecule has 2 aliphatic rings. The normalized spacial score (nSPS) is 24.3. The summed E-state index contributed by atoms with van der Waals surface area (Å²) in [5, 5.41) is 0. The second-order valence-corrected chi connectivity index (χ2v) is 7.74. The van der Waals surface area contributed by atoms with E-state index in [2.05, 4.69) is 38.8 Å². The summed E-state index contributed by atoms with van der Waals surface area (Å²) in [6.45, 7) is 9.54. The Kier molecular flexibility index (Phi) is 4.50. The topological polar surface area (TPSA) is 45.4 Å². The molecule has 0 radical (unpaired) electrons. The predicted octanol–water partition coefficient (Wildman–Crippen LogP) is 3.43. The summed E-state index contributed by atoms with van der Waals surface area (Å²) in [5.41, 5.74) is 1.59. The van der Waals surface area contributed by atoms with Gasteiger partial charge < -0.3 is 9.32 Å². The van der Waals surface area contributed by atoms with Crippen LogP contribution in [-0.4, -0.2) is 41.0 Å². The zero-order chi connectivity index (χ0) is 17.3. The first-order chi connectivity index (χ1) is 12.2. The fourth-order valence-electron chi connectivity index (χ4n) is 4.37. The molecule has 5 nitrogen and oxygen atoms in total. The largest absolute Gasteiger partial charge is 0.465 e. The van der Waals surface area contributed by atoms with Crippen LogP contribution in [0.25, 0.3) is 0 Å². The number of hydrogen-bond acceptors (Lipinski definition) is 5. The highest BCUT2D eigenvalue weighted by atomic mass is 16.3. The van der Waals surface area contributed by atoms with Crippen LogP contribution in [0.3, 0.4) is 0 Å². The SMILES string of the molecule is CCc1cnc(N2CC[C@@]3(CCCN(Cc4ccc(C)o4)C3)C2)nc1. The van der Waals surface area contributed by atoms with Gasteiger partial charge in [0.25, 0.3) is 0 Å². The second-order valence-electron chi connectivity index (χ2n) is 7.74. The van der Waals surface area contributed by atoms with E-state index in [1.54, 1.807) is 0 Å². The Morgan fingerprint density at radius 3 is 2.68 bits per heavy atom. The fourth-order valence-corrected chi connectivity index (χ4v) is 4.37. The highest BCUT2D eigenvalue weighted by Crippen LogP contribution is 2.40. The quantitative estimate of drug-likeness (QED) is 0.853. The van der Waals surface area contributed by atoms with Crippen LogP contribution in [0.4, 0.5) is 5.95 Å². The molecule has 0 aromatic carbocycles. The van der Waals surface area contributed by atoms with Crippen molar-refractivity contribution in [2.24, 2.45) is 5.41 Å². The van der Waals surface area contributed by atoms with Crippen LogP contribution in [0.1, 0.15) is 43.3 Å². The number of piperidine rings is 1. The molecule has 0 amide bonds. The highest BCUT2D eigenvalue weighted by molar-refractivity contribution is 5.33. The summed E-state index contributed by atoms with van der Waals surface area (Å²) < 4.78 is 5.78. The molecule has 2 aliphatic heterocycles. The highest BCUT2D eigenvalue weighted by Gasteiger charge is 2.42. The van der Waals surface area contributed by atoms with Gasteiger partial charge >= 0.3 is 0 Å². The van der Waals surface area contributed by atoms with Gasteiger partial charge in [-0.25, -0.2) is 9.97 Å². The van der Waals surface area contributed by atoms with Crippen LogP contribution < -0.4 is 4.90 Å². The molecule has 0 bridgehead atoms. The van der Waals surface area contributed by atoms with E-state index in [4.69, 9.17) is 4.42 Å². The molecule has 1 atom stereocenters. The predicted molar refractivity (Wildman–Crippen MR) is 98.6 cm³/mol. The van der Waals surface area contributed by atoms with Gasteiger partial charge in [0.2, 0.25) is 5.95 Å². The number of rotatable bonds is 4. The van der Waals surface area contributed by atoms with E-state index in [1.807, 2.05) is 19.3 Å². The summed E-state index contributed by atoms with van der Waals surface area (Å²) in [5.74, 6) is 2.98. The molecule has 0 unspecified atom stereocenters. The first-order valence-corrected chi connectivity index (χ1v) is 9.49. The first kappa shape index (κ1) is 16.6. The number of hydrogen-bond donors (Lipinski definition) is 0. The number of furan rings is 1. The maximum Gasteiger partial charge on any atom is 0.225 e. The van der Waals surface area contributed by atoms with E-state index in [0.29, 0.717) is 5.41 Å². The van der Waals surface area contributed by atoms with E-state index < -0.39 is 0 Å². The average Bonchev–Trinajstić information content (AvgIpc) is 3.22. The molecule has 1 spiro atoms. The Morgan fingerprint density at radius 2 is 1.96 bits per heavy atom. The lowest BCUT2D eigenvalue weighted by atomic mass is 9.79. The molecular formula is C20H28N4O. The summed E-state index contributed by atoms with van der Waals surface area (Å²) in [7, 11) is 0. The zero-order valence-corrected chi connectivity index (χ0v) is 15.4. The first-order valence-electron chi connectivity index (χ1n) is 9.49. The van der Waals surface area contributed by atoms with Gasteiger partial charge in [-0.1, -0.05) is 6.92 Å². The third kappa shape index (κ3) is 3.56. The number of nitrogens with zero attached hydrogens (tertiary/aromatic N) is 4. The maximum absolute atomic E-state index is 5.78. The lowest BCUT2D eigenvalue weighted by Gasteiger charge is -2.40. The standard InChI is InChI=1S/C20H28N4O/c1-3-17-11-21-19(22-12-17)24-10-8-20(15-24)7-4-9-23(14-20)13-18-6-5-16(2)25-18/h5-6,11-12H,3-4,7-10,13-15H2,1-2H3/t20-/m1/s1. The molecule has 2 saturated heterocycles. The minimum absolute atomic E-state index is 0.382. The number of likely N-dealkylation sites (tertiary alicyclic amines) is 1. The number of aryl methyl sites for hydroxylation is 2. The molecule has 0 saturated carbocycles. The minimum atomic E-state index is 0.382. The fraction of sp³-hybridized carbons (Fsp3) is 0.600. The Balaban J connectivity index is 1.41. The third-order valence-electron chi connectivity index (χ3n) is 5.74. The Labute approximate surface area is 150 Å². The second kappa shape index (κ2) is 6.79. The van der Waals surface area contributed by atoms with Gasteiger partial charge in [0.05, 0.1) is 6.54 Å². The van der Waals surface area contributed by atoms with Crippen LogP contribution in [0.2, 0.25) is 0 Å². The van der Waals surface area contributed by atoms with Crippen LogP contribution in [0.15, 0.2) is 28.9 Å². The monoisotopic (exact) mass is 340 g/mol. The van der Waals surface area contributed by atoms with Gasteiger partial charge in [0.1, 0.15) is 11.5 Å². The average molecular weight is 340 g/mol. The smallest absolute Gasteiger partial charge is 0.225 e. The Hall–Kier alpha value is -1.88. The number of aromatic nitrogens is 2. The van der Waals surface area contributed by atoms with E-state index in [-0.39, 0.29) is 0 Å². The van der Waals surface area contributed by atoms with E-state index >= 15 is 0 Å². The van der Waals surface area contributed by atoms with Crippen LogP contribution in [0.5, 0.6) is 0 Å². The van der Waals surface area contributed by atoms with Gasteiger partial charge in [0.15, 0.2) is 0 Å². The molecular weight excluding hydrogens is 312 g/mol. The molecule has 5 heteroatoms. The summed E-state index contributed by atoms with van der Waals surface area (Å²) in [6, 6.07) is 4.17. The van der Waals surface area contributed by atoms with Crippen molar-refractivity contribution in [3.63, 3.8) is 0 Å². The molecule has 2 fully saturated rings. The van der Waals surface area contributed by atoms with Crippen molar-refractivity contribution in [3.05, 3.63) is 41.6 Å². The van der Waals surface area contributed by atoms with Gasteiger partial charge in [-0.05, 0) is 56.8 Å². The molecule has 2 aromatic heterocycles. The summed E-state index contributed by atoms with van der Waals surface area (Å²) in [6.07, 6.45) is 8.75. The van der Waals surface area contributed by atoms with Crippen molar-refractivity contribution in [3.8, 4) is 0 Å². The van der Waals surface area contributed by atoms with Gasteiger partial charge in [-0.3, -0.25) is 4.90 Å². The van der Waals surface area contributed by atoms with Crippen LogP contribution in [0, 0.1) is 12.3 Å². The van der Waals surface area contributed by atoms with Crippen molar-refractivity contribution in [1.29, 1.82) is 0 Å². The lowest BCUT2D eigenvalue weighted by Crippen LogP contribution is -2.44. The molecule has 25 heavy (non-hydrogen) atoms. The molecule has 0 N–H and O–H groups in total. The Morgan fingerprint density at radius 1 is 1.12 bits per heavy atom. The van der Waals surface area contributed by atoms with Gasteiger partial charge in [-0.2, -0.15) is 0 Å². The molecule has 134 valence electrons. The van der Waals surface area contributed by atoms with Crippen molar-refractivity contribution in [2.75, 3.05) is 31.1 Å². The molecule has 4 heterocycles. The summed E-state index contributed by atoms with van der Waals surface area (Å²) in [4.78, 5) is 14.1. The van der Waals surface area contributed by atoms with Crippen molar-refractivity contribution < 1.29 is 4.42 Å². The van der Waals surface area contributed by atoms with Gasteiger partial charge in [0, 0.05) is 37.4 Å². The van der Waals surface area contributed by atoms with Crippen LogP contribution in [-0.2, 0) is 13.0 Å². The van der Waals surface area contributed by atoms with E-state index in [9.17, 15) is 0 Å². The number of anilines is 1.